The minimum Gasteiger partial charge on any atom is -0.317 e. The molecule has 0 aliphatic heterocycles. The lowest BCUT2D eigenvalue weighted by Crippen LogP contribution is -2.14. The molecule has 0 amide bonds. The Kier molecular flexibility index (Phi) is 4.99. The van der Waals surface area contributed by atoms with E-state index in [2.05, 4.69) is 46.7 Å². The van der Waals surface area contributed by atoms with Gasteiger partial charge < -0.3 is 5.32 Å². The molecule has 21 heavy (non-hydrogen) atoms. The van der Waals surface area contributed by atoms with Crippen LogP contribution in [0.1, 0.15) is 46.8 Å². The highest BCUT2D eigenvalue weighted by molar-refractivity contribution is 7.11. The number of nitrogens with one attached hydrogen (secondary N) is 1. The minimum absolute atomic E-state index is 0.569. The van der Waals surface area contributed by atoms with E-state index >= 15 is 0 Å². The topological polar surface area (TPSA) is 37.8 Å². The zero-order valence-electron chi connectivity index (χ0n) is 12.6. The number of hydrogen-bond donors (Lipinski definition) is 1. The molecule has 1 aliphatic rings. The van der Waals surface area contributed by atoms with E-state index in [4.69, 9.17) is 0 Å². The van der Waals surface area contributed by atoms with Crippen molar-refractivity contribution in [3.8, 4) is 0 Å². The Bertz CT molecular complexity index is 579. The van der Waals surface area contributed by atoms with Gasteiger partial charge in [-0.3, -0.25) is 0 Å². The molecule has 3 rings (SSSR count). The average molecular weight is 301 g/mol. The third-order valence-corrected chi connectivity index (χ3v) is 5.32. The van der Waals surface area contributed by atoms with Crippen LogP contribution in [0.25, 0.3) is 0 Å². The number of benzene rings is 1. The molecule has 1 aromatic heterocycles. The van der Waals surface area contributed by atoms with E-state index in [-0.39, 0.29) is 0 Å². The predicted octanol–water partition coefficient (Wildman–Crippen LogP) is 3.35. The Hall–Kier alpha value is -1.26. The molecule has 112 valence electrons. The lowest BCUT2D eigenvalue weighted by Gasteiger charge is -2.22. The van der Waals surface area contributed by atoms with Gasteiger partial charge in [0.15, 0.2) is 0 Å². The molecule has 1 N–H and O–H groups in total. The lowest BCUT2D eigenvalue weighted by molar-refractivity contribution is 0.576. The van der Waals surface area contributed by atoms with Gasteiger partial charge in [0, 0.05) is 12.3 Å². The lowest BCUT2D eigenvalue weighted by atomic mass is 9.84. The normalized spacial score (nSPS) is 17.7. The van der Waals surface area contributed by atoms with Crippen molar-refractivity contribution in [2.45, 2.75) is 44.9 Å². The van der Waals surface area contributed by atoms with Crippen molar-refractivity contribution >= 4 is 11.3 Å². The molecule has 0 radical (unpaired) electrons. The van der Waals surface area contributed by atoms with Crippen LogP contribution in [0, 0.1) is 0 Å². The van der Waals surface area contributed by atoms with E-state index in [9.17, 15) is 0 Å². The SMILES string of the molecule is CCNCCCc1nnc(C2CCc3ccccc3C2)s1. The zero-order chi connectivity index (χ0) is 14.5. The molecule has 1 heterocycles. The third kappa shape index (κ3) is 3.69. The van der Waals surface area contributed by atoms with Crippen LogP contribution >= 0.6 is 11.3 Å². The molecule has 0 spiro atoms. The monoisotopic (exact) mass is 301 g/mol. The first-order valence-corrected chi connectivity index (χ1v) is 8.78. The van der Waals surface area contributed by atoms with Gasteiger partial charge in [-0.15, -0.1) is 21.5 Å². The standard InChI is InChI=1S/C17H23N3S/c1-2-18-11-5-8-16-19-20-17(21-16)15-10-9-13-6-3-4-7-14(13)12-15/h3-4,6-7,15,18H,2,5,8-12H2,1H3. The maximum absolute atomic E-state index is 4.46. The maximum Gasteiger partial charge on any atom is 0.120 e. The molecule has 1 aromatic carbocycles. The highest BCUT2D eigenvalue weighted by Crippen LogP contribution is 2.34. The summed E-state index contributed by atoms with van der Waals surface area (Å²) in [4.78, 5) is 0. The highest BCUT2D eigenvalue weighted by atomic mass is 32.1. The van der Waals surface area contributed by atoms with Crippen LogP contribution in [0.4, 0.5) is 0 Å². The van der Waals surface area contributed by atoms with Gasteiger partial charge in [-0.25, -0.2) is 0 Å². The van der Waals surface area contributed by atoms with Crippen molar-refractivity contribution < 1.29 is 0 Å². The molecular weight excluding hydrogens is 278 g/mol. The van der Waals surface area contributed by atoms with Gasteiger partial charge in [0.2, 0.25) is 0 Å². The Labute approximate surface area is 130 Å². The first-order chi connectivity index (χ1) is 10.4. The second kappa shape index (κ2) is 7.14. The Balaban J connectivity index is 1.59. The molecule has 1 aliphatic carbocycles. The molecule has 4 heteroatoms. The van der Waals surface area contributed by atoms with Crippen LogP contribution in [0.15, 0.2) is 24.3 Å². The van der Waals surface area contributed by atoms with Gasteiger partial charge in [-0.2, -0.15) is 0 Å². The molecule has 1 unspecified atom stereocenters. The summed E-state index contributed by atoms with van der Waals surface area (Å²) < 4.78 is 0. The van der Waals surface area contributed by atoms with Gasteiger partial charge in [0.25, 0.3) is 0 Å². The maximum atomic E-state index is 4.46. The molecule has 0 bridgehead atoms. The van der Waals surface area contributed by atoms with E-state index in [1.807, 2.05) is 11.3 Å². The van der Waals surface area contributed by atoms with Crippen molar-refractivity contribution in [2.75, 3.05) is 13.1 Å². The molecule has 0 fully saturated rings. The van der Waals surface area contributed by atoms with Crippen LogP contribution in [-0.2, 0) is 19.3 Å². The fourth-order valence-electron chi connectivity index (χ4n) is 2.98. The summed E-state index contributed by atoms with van der Waals surface area (Å²) >= 11 is 1.82. The van der Waals surface area contributed by atoms with E-state index in [0.29, 0.717) is 5.92 Å². The second-order valence-electron chi connectivity index (χ2n) is 5.70. The summed E-state index contributed by atoms with van der Waals surface area (Å²) in [6.45, 7) is 4.26. The van der Waals surface area contributed by atoms with Crippen LogP contribution in [0.2, 0.25) is 0 Å². The molecule has 0 saturated carbocycles. The van der Waals surface area contributed by atoms with E-state index in [1.54, 1.807) is 0 Å². The van der Waals surface area contributed by atoms with Crippen molar-refractivity contribution in [1.82, 2.24) is 15.5 Å². The van der Waals surface area contributed by atoms with E-state index in [1.165, 1.54) is 34.0 Å². The quantitative estimate of drug-likeness (QED) is 0.832. The first kappa shape index (κ1) is 14.7. The van der Waals surface area contributed by atoms with Crippen molar-refractivity contribution in [2.24, 2.45) is 0 Å². The minimum atomic E-state index is 0.569. The number of nitrogens with zero attached hydrogens (tertiary/aromatic N) is 2. The van der Waals surface area contributed by atoms with Gasteiger partial charge in [-0.05, 0) is 49.9 Å². The van der Waals surface area contributed by atoms with Crippen molar-refractivity contribution in [3.05, 3.63) is 45.4 Å². The summed E-state index contributed by atoms with van der Waals surface area (Å²) in [7, 11) is 0. The fourth-order valence-corrected chi connectivity index (χ4v) is 4.00. The van der Waals surface area contributed by atoms with Crippen molar-refractivity contribution in [1.29, 1.82) is 0 Å². The van der Waals surface area contributed by atoms with Gasteiger partial charge >= 0.3 is 0 Å². The van der Waals surface area contributed by atoms with Gasteiger partial charge in [0.05, 0.1) is 0 Å². The first-order valence-electron chi connectivity index (χ1n) is 7.96. The summed E-state index contributed by atoms with van der Waals surface area (Å²) in [5, 5.41) is 14.6. The Morgan fingerprint density at radius 3 is 2.95 bits per heavy atom. The smallest absolute Gasteiger partial charge is 0.120 e. The number of aryl methyl sites for hydroxylation is 2. The van der Waals surface area contributed by atoms with Crippen LogP contribution in [0.3, 0.4) is 0 Å². The van der Waals surface area contributed by atoms with Crippen LogP contribution < -0.4 is 5.32 Å². The highest BCUT2D eigenvalue weighted by Gasteiger charge is 2.22. The molecule has 3 nitrogen and oxygen atoms in total. The third-order valence-electron chi connectivity index (χ3n) is 4.17. The molecule has 2 aromatic rings. The van der Waals surface area contributed by atoms with Gasteiger partial charge in [0.1, 0.15) is 10.0 Å². The number of aromatic nitrogens is 2. The molecular formula is C17H23N3S. The number of hydrogen-bond acceptors (Lipinski definition) is 4. The predicted molar refractivity (Wildman–Crippen MR) is 88.0 cm³/mol. The fraction of sp³-hybridized carbons (Fsp3) is 0.529. The summed E-state index contributed by atoms with van der Waals surface area (Å²) in [6.07, 6.45) is 5.71. The van der Waals surface area contributed by atoms with E-state index < -0.39 is 0 Å². The van der Waals surface area contributed by atoms with Crippen LogP contribution in [0.5, 0.6) is 0 Å². The zero-order valence-corrected chi connectivity index (χ0v) is 13.5. The largest absolute Gasteiger partial charge is 0.317 e. The summed E-state index contributed by atoms with van der Waals surface area (Å²) in [6, 6.07) is 8.82. The number of fused-ring (bicyclic) bond motifs is 1. The second-order valence-corrected chi connectivity index (χ2v) is 6.79. The Morgan fingerprint density at radius 1 is 1.24 bits per heavy atom. The number of rotatable bonds is 6. The van der Waals surface area contributed by atoms with Crippen molar-refractivity contribution in [3.63, 3.8) is 0 Å². The molecule has 1 atom stereocenters. The summed E-state index contributed by atoms with van der Waals surface area (Å²) in [5.41, 5.74) is 3.02. The van der Waals surface area contributed by atoms with Gasteiger partial charge in [-0.1, -0.05) is 31.2 Å². The summed E-state index contributed by atoms with van der Waals surface area (Å²) in [5.74, 6) is 0.569. The van der Waals surface area contributed by atoms with E-state index in [0.717, 1.165) is 32.4 Å². The molecule has 0 saturated heterocycles. The van der Waals surface area contributed by atoms with Crippen LogP contribution in [-0.4, -0.2) is 23.3 Å². The Morgan fingerprint density at radius 2 is 2.10 bits per heavy atom. The average Bonchev–Trinajstić information content (AvgIpc) is 3.00.